The number of ketones is 1. The predicted octanol–water partition coefficient (Wildman–Crippen LogP) is 2.12. The highest BCUT2D eigenvalue weighted by Crippen LogP contribution is 2.15. The molecule has 0 atom stereocenters. The fourth-order valence-corrected chi connectivity index (χ4v) is 0.951. The zero-order valence-electron chi connectivity index (χ0n) is 7.37. The second kappa shape index (κ2) is 3.87. The van der Waals surface area contributed by atoms with Crippen LogP contribution in [0.4, 0.5) is 14.9 Å². The van der Waals surface area contributed by atoms with Gasteiger partial charge >= 0.3 is 6.09 Å². The summed E-state index contributed by atoms with van der Waals surface area (Å²) < 4.78 is 13.1. The van der Waals surface area contributed by atoms with Crippen LogP contribution < -0.4 is 5.32 Å². The Hall–Kier alpha value is -1.91. The van der Waals surface area contributed by atoms with E-state index in [2.05, 4.69) is 0 Å². The van der Waals surface area contributed by atoms with Gasteiger partial charge in [0.1, 0.15) is 5.82 Å². The first kappa shape index (κ1) is 10.2. The van der Waals surface area contributed by atoms with Crippen molar-refractivity contribution < 1.29 is 19.1 Å². The molecule has 0 saturated heterocycles. The molecular formula is C9H8FNO3. The number of hydrogen-bond acceptors (Lipinski definition) is 2. The molecule has 14 heavy (non-hydrogen) atoms. The Morgan fingerprint density at radius 3 is 2.50 bits per heavy atom. The number of benzene rings is 1. The van der Waals surface area contributed by atoms with Crippen LogP contribution in [0, 0.1) is 5.82 Å². The van der Waals surface area contributed by atoms with Gasteiger partial charge in [0.15, 0.2) is 5.78 Å². The van der Waals surface area contributed by atoms with Gasteiger partial charge in [-0.05, 0) is 25.1 Å². The van der Waals surface area contributed by atoms with Crippen LogP contribution in [0.15, 0.2) is 18.2 Å². The van der Waals surface area contributed by atoms with E-state index in [0.29, 0.717) is 0 Å². The maximum absolute atomic E-state index is 13.1. The molecule has 1 aromatic rings. The maximum Gasteiger partial charge on any atom is 0.409 e. The van der Waals surface area contributed by atoms with E-state index in [9.17, 15) is 14.0 Å². The molecule has 0 aromatic heterocycles. The molecule has 0 unspecified atom stereocenters. The molecule has 0 saturated carbocycles. The number of carbonyl (C=O) groups is 2. The van der Waals surface area contributed by atoms with E-state index in [0.717, 1.165) is 6.07 Å². The molecule has 74 valence electrons. The third-order valence-electron chi connectivity index (χ3n) is 1.62. The van der Waals surface area contributed by atoms with Crippen molar-refractivity contribution in [2.45, 2.75) is 6.92 Å². The molecule has 0 heterocycles. The minimum atomic E-state index is -1.35. The molecule has 1 rings (SSSR count). The first-order valence-corrected chi connectivity index (χ1v) is 3.81. The Morgan fingerprint density at radius 1 is 1.43 bits per heavy atom. The molecule has 1 aromatic carbocycles. The van der Waals surface area contributed by atoms with Crippen molar-refractivity contribution in [2.75, 3.05) is 5.32 Å². The molecule has 0 bridgehead atoms. The van der Waals surface area contributed by atoms with Crippen molar-refractivity contribution in [3.63, 3.8) is 0 Å². The Bertz CT molecular complexity index is 390. The molecule has 2 N–H and O–H groups in total. The lowest BCUT2D eigenvalue weighted by atomic mass is 10.1. The lowest BCUT2D eigenvalue weighted by molar-refractivity contribution is 0.101. The summed E-state index contributed by atoms with van der Waals surface area (Å²) in [7, 11) is 0. The van der Waals surface area contributed by atoms with Gasteiger partial charge in [0.2, 0.25) is 0 Å². The van der Waals surface area contributed by atoms with Gasteiger partial charge < -0.3 is 5.11 Å². The van der Waals surface area contributed by atoms with Crippen LogP contribution in [0.3, 0.4) is 0 Å². The average Bonchev–Trinajstić information content (AvgIpc) is 2.07. The predicted molar refractivity (Wildman–Crippen MR) is 48.1 cm³/mol. The Balaban J connectivity index is 3.01. The molecule has 0 fully saturated rings. The van der Waals surface area contributed by atoms with Crippen LogP contribution in [0.5, 0.6) is 0 Å². The van der Waals surface area contributed by atoms with Crippen LogP contribution >= 0.6 is 0 Å². The number of Topliss-reactive ketones (excluding diaryl/α,β-unsaturated/α-hetero) is 1. The number of carboxylic acid groups (broad SMARTS) is 1. The second-order valence-corrected chi connectivity index (χ2v) is 2.68. The second-order valence-electron chi connectivity index (χ2n) is 2.68. The molecule has 0 radical (unpaired) electrons. The summed E-state index contributed by atoms with van der Waals surface area (Å²) in [6.07, 6.45) is -1.35. The SMILES string of the molecule is CC(=O)c1ccc(NC(=O)O)c(F)c1. The van der Waals surface area contributed by atoms with E-state index in [-0.39, 0.29) is 17.0 Å². The van der Waals surface area contributed by atoms with Gasteiger partial charge in [-0.3, -0.25) is 10.1 Å². The highest BCUT2D eigenvalue weighted by Gasteiger charge is 2.07. The molecule has 1 amide bonds. The number of nitrogens with one attached hydrogen (secondary N) is 1. The number of halogens is 1. The van der Waals surface area contributed by atoms with Crippen molar-refractivity contribution in [1.82, 2.24) is 0 Å². The van der Waals surface area contributed by atoms with E-state index in [4.69, 9.17) is 5.11 Å². The van der Waals surface area contributed by atoms with Crippen molar-refractivity contribution in [1.29, 1.82) is 0 Å². The van der Waals surface area contributed by atoms with E-state index >= 15 is 0 Å². The highest BCUT2D eigenvalue weighted by atomic mass is 19.1. The lowest BCUT2D eigenvalue weighted by Gasteiger charge is -2.03. The monoisotopic (exact) mass is 197 g/mol. The van der Waals surface area contributed by atoms with Gasteiger partial charge in [-0.25, -0.2) is 9.18 Å². The number of rotatable bonds is 2. The minimum absolute atomic E-state index is 0.164. The van der Waals surface area contributed by atoms with Gasteiger partial charge in [0, 0.05) is 5.56 Å². The average molecular weight is 197 g/mol. The summed E-state index contributed by atoms with van der Waals surface area (Å²) in [5, 5.41) is 10.2. The summed E-state index contributed by atoms with van der Waals surface area (Å²) in [5.41, 5.74) is 0.0425. The summed E-state index contributed by atoms with van der Waals surface area (Å²) >= 11 is 0. The fourth-order valence-electron chi connectivity index (χ4n) is 0.951. The molecule has 0 spiro atoms. The molecular weight excluding hydrogens is 189 g/mol. The van der Waals surface area contributed by atoms with Gasteiger partial charge in [0.05, 0.1) is 5.69 Å². The highest BCUT2D eigenvalue weighted by molar-refractivity contribution is 5.94. The molecule has 0 aliphatic heterocycles. The van der Waals surface area contributed by atoms with Crippen LogP contribution in [0.2, 0.25) is 0 Å². The number of amides is 1. The molecule has 0 aliphatic rings. The summed E-state index contributed by atoms with van der Waals surface area (Å²) in [4.78, 5) is 21.0. The zero-order valence-corrected chi connectivity index (χ0v) is 7.37. The topological polar surface area (TPSA) is 66.4 Å². The summed E-state index contributed by atoms with van der Waals surface area (Å²) in [5.74, 6) is -1.04. The first-order chi connectivity index (χ1) is 6.50. The Labute approximate surface area is 79.4 Å². The van der Waals surface area contributed by atoms with E-state index < -0.39 is 11.9 Å². The van der Waals surface area contributed by atoms with Crippen LogP contribution in [0.25, 0.3) is 0 Å². The number of anilines is 1. The maximum atomic E-state index is 13.1. The molecule has 4 nitrogen and oxygen atoms in total. The standard InChI is InChI=1S/C9H8FNO3/c1-5(12)6-2-3-8(7(10)4-6)11-9(13)14/h2-4,11H,1H3,(H,13,14). The number of hydrogen-bond donors (Lipinski definition) is 2. The van der Waals surface area contributed by atoms with E-state index in [1.165, 1.54) is 19.1 Å². The van der Waals surface area contributed by atoms with Gasteiger partial charge in [-0.2, -0.15) is 0 Å². The largest absolute Gasteiger partial charge is 0.465 e. The molecule has 0 aliphatic carbocycles. The van der Waals surface area contributed by atoms with E-state index in [1.807, 2.05) is 5.32 Å². The minimum Gasteiger partial charge on any atom is -0.465 e. The van der Waals surface area contributed by atoms with Crippen LogP contribution in [0.1, 0.15) is 17.3 Å². The normalized spacial score (nSPS) is 9.57. The fraction of sp³-hybridized carbons (Fsp3) is 0.111. The first-order valence-electron chi connectivity index (χ1n) is 3.81. The van der Waals surface area contributed by atoms with Gasteiger partial charge in [0.25, 0.3) is 0 Å². The third-order valence-corrected chi connectivity index (χ3v) is 1.62. The quantitative estimate of drug-likeness (QED) is 0.713. The summed E-state index contributed by atoms with van der Waals surface area (Å²) in [6, 6.07) is 3.56. The van der Waals surface area contributed by atoms with Crippen molar-refractivity contribution in [2.24, 2.45) is 0 Å². The molecule has 5 heteroatoms. The number of carbonyl (C=O) groups excluding carboxylic acids is 1. The van der Waals surface area contributed by atoms with Crippen molar-refractivity contribution in [3.8, 4) is 0 Å². The van der Waals surface area contributed by atoms with Crippen LogP contribution in [-0.2, 0) is 0 Å². The summed E-state index contributed by atoms with van der Waals surface area (Å²) in [6.45, 7) is 1.30. The van der Waals surface area contributed by atoms with Gasteiger partial charge in [-0.1, -0.05) is 0 Å². The van der Waals surface area contributed by atoms with Crippen LogP contribution in [-0.4, -0.2) is 17.0 Å². The zero-order chi connectivity index (χ0) is 10.7. The third kappa shape index (κ3) is 2.29. The lowest BCUT2D eigenvalue weighted by Crippen LogP contribution is -2.09. The Kier molecular flexibility index (Phi) is 2.81. The van der Waals surface area contributed by atoms with Crippen molar-refractivity contribution in [3.05, 3.63) is 29.6 Å². The Morgan fingerprint density at radius 2 is 2.07 bits per heavy atom. The van der Waals surface area contributed by atoms with E-state index in [1.54, 1.807) is 0 Å². The van der Waals surface area contributed by atoms with Crippen molar-refractivity contribution >= 4 is 17.6 Å². The smallest absolute Gasteiger partial charge is 0.409 e. The van der Waals surface area contributed by atoms with Gasteiger partial charge in [-0.15, -0.1) is 0 Å².